The summed E-state index contributed by atoms with van der Waals surface area (Å²) in [5, 5.41) is 13.1. The van der Waals surface area contributed by atoms with Gasteiger partial charge in [-0.15, -0.1) is 0 Å². The lowest BCUT2D eigenvalue weighted by Crippen LogP contribution is -1.92. The van der Waals surface area contributed by atoms with Gasteiger partial charge in [0.25, 0.3) is 0 Å². The SMILES string of the molecule is COc1c(O)c(-c2cc(N)no2)cc(Cl)c1F. The zero-order valence-electron chi connectivity index (χ0n) is 8.70. The molecule has 0 radical (unpaired) electrons. The molecule has 17 heavy (non-hydrogen) atoms. The Morgan fingerprint density at radius 1 is 1.53 bits per heavy atom. The number of hydrogen-bond acceptors (Lipinski definition) is 5. The molecule has 0 saturated carbocycles. The maximum Gasteiger partial charge on any atom is 0.198 e. The van der Waals surface area contributed by atoms with E-state index >= 15 is 0 Å². The molecule has 0 spiro atoms. The number of anilines is 1. The molecular formula is C10H8ClFN2O3. The van der Waals surface area contributed by atoms with Gasteiger partial charge in [0.15, 0.2) is 28.9 Å². The van der Waals surface area contributed by atoms with Crippen LogP contribution in [-0.4, -0.2) is 17.4 Å². The fourth-order valence-corrected chi connectivity index (χ4v) is 1.58. The van der Waals surface area contributed by atoms with Crippen molar-refractivity contribution in [2.75, 3.05) is 12.8 Å². The molecule has 1 aromatic heterocycles. The second-order valence-electron chi connectivity index (χ2n) is 3.22. The van der Waals surface area contributed by atoms with Crippen molar-refractivity contribution in [3.8, 4) is 22.8 Å². The quantitative estimate of drug-likeness (QED) is 0.865. The van der Waals surface area contributed by atoms with Gasteiger partial charge >= 0.3 is 0 Å². The molecule has 2 rings (SSSR count). The van der Waals surface area contributed by atoms with E-state index in [9.17, 15) is 9.50 Å². The van der Waals surface area contributed by atoms with Crippen LogP contribution >= 0.6 is 11.6 Å². The number of nitrogens with two attached hydrogens (primary N) is 1. The topological polar surface area (TPSA) is 81.5 Å². The Morgan fingerprint density at radius 3 is 2.76 bits per heavy atom. The average molecular weight is 259 g/mol. The van der Waals surface area contributed by atoms with Gasteiger partial charge in [0.2, 0.25) is 0 Å². The Hall–Kier alpha value is -1.95. The lowest BCUT2D eigenvalue weighted by molar-refractivity contribution is 0.350. The fraction of sp³-hybridized carbons (Fsp3) is 0.100. The van der Waals surface area contributed by atoms with E-state index in [1.165, 1.54) is 19.2 Å². The molecule has 3 N–H and O–H groups in total. The molecule has 0 saturated heterocycles. The number of methoxy groups -OCH3 is 1. The fourth-order valence-electron chi connectivity index (χ4n) is 1.38. The average Bonchev–Trinajstić information content (AvgIpc) is 2.71. The van der Waals surface area contributed by atoms with Crippen LogP contribution in [0, 0.1) is 5.82 Å². The number of aromatic nitrogens is 1. The van der Waals surface area contributed by atoms with Gasteiger partial charge in [-0.1, -0.05) is 16.8 Å². The Labute approximate surface area is 101 Å². The van der Waals surface area contributed by atoms with Crippen molar-refractivity contribution < 1.29 is 18.8 Å². The van der Waals surface area contributed by atoms with Crippen molar-refractivity contribution >= 4 is 17.4 Å². The number of phenols is 1. The van der Waals surface area contributed by atoms with Crippen LogP contribution in [0.3, 0.4) is 0 Å². The van der Waals surface area contributed by atoms with Gasteiger partial charge in [0, 0.05) is 6.07 Å². The summed E-state index contributed by atoms with van der Waals surface area (Å²) in [6, 6.07) is 2.58. The maximum absolute atomic E-state index is 13.5. The number of nitrogen functional groups attached to an aromatic ring is 1. The number of nitrogens with zero attached hydrogens (tertiary/aromatic N) is 1. The largest absolute Gasteiger partial charge is 0.504 e. The summed E-state index contributed by atoms with van der Waals surface area (Å²) in [4.78, 5) is 0. The molecule has 0 atom stereocenters. The number of hydrogen-bond donors (Lipinski definition) is 2. The third kappa shape index (κ3) is 1.87. The summed E-state index contributed by atoms with van der Waals surface area (Å²) in [5.41, 5.74) is 5.53. The first-order chi connectivity index (χ1) is 8.04. The summed E-state index contributed by atoms with van der Waals surface area (Å²) in [5.74, 6) is -1.32. The molecule has 0 aliphatic rings. The van der Waals surface area contributed by atoms with Gasteiger partial charge in [-0.05, 0) is 6.07 Å². The summed E-state index contributed by atoms with van der Waals surface area (Å²) in [6.07, 6.45) is 0. The number of halogens is 2. The minimum atomic E-state index is -0.845. The zero-order valence-corrected chi connectivity index (χ0v) is 9.45. The van der Waals surface area contributed by atoms with E-state index in [1.807, 2.05) is 0 Å². The van der Waals surface area contributed by atoms with Gasteiger partial charge in [0.1, 0.15) is 0 Å². The number of aromatic hydroxyl groups is 1. The minimum Gasteiger partial charge on any atom is -0.504 e. The van der Waals surface area contributed by atoms with Crippen LogP contribution in [0.2, 0.25) is 5.02 Å². The van der Waals surface area contributed by atoms with E-state index in [-0.39, 0.29) is 27.9 Å². The Balaban J connectivity index is 2.67. The van der Waals surface area contributed by atoms with Crippen molar-refractivity contribution in [1.29, 1.82) is 0 Å². The van der Waals surface area contributed by atoms with Crippen LogP contribution < -0.4 is 10.5 Å². The van der Waals surface area contributed by atoms with Gasteiger partial charge < -0.3 is 20.1 Å². The molecule has 1 heterocycles. The van der Waals surface area contributed by atoms with E-state index in [2.05, 4.69) is 5.16 Å². The third-order valence-corrected chi connectivity index (χ3v) is 2.42. The highest BCUT2D eigenvalue weighted by Gasteiger charge is 2.21. The second-order valence-corrected chi connectivity index (χ2v) is 3.63. The second kappa shape index (κ2) is 4.14. The van der Waals surface area contributed by atoms with E-state index in [0.29, 0.717) is 0 Å². The monoisotopic (exact) mass is 258 g/mol. The van der Waals surface area contributed by atoms with E-state index < -0.39 is 11.6 Å². The minimum absolute atomic E-state index is 0.138. The van der Waals surface area contributed by atoms with Crippen LogP contribution in [0.15, 0.2) is 16.7 Å². The standard InChI is InChI=1S/C10H8ClFN2O3/c1-16-10-8(12)5(11)2-4(9(10)15)6-3-7(13)14-17-6/h2-3,15H,1H3,(H2,13,14). The maximum atomic E-state index is 13.5. The number of phenolic OH excluding ortho intramolecular Hbond substituents is 1. The normalized spacial score (nSPS) is 10.5. The first-order valence-corrected chi connectivity index (χ1v) is 4.90. The summed E-state index contributed by atoms with van der Waals surface area (Å²) in [6.45, 7) is 0. The number of benzene rings is 1. The van der Waals surface area contributed by atoms with E-state index in [0.717, 1.165) is 0 Å². The number of rotatable bonds is 2. The number of ether oxygens (including phenoxy) is 1. The zero-order chi connectivity index (χ0) is 12.6. The van der Waals surface area contributed by atoms with Gasteiger partial charge in [-0.2, -0.15) is 0 Å². The highest BCUT2D eigenvalue weighted by Crippen LogP contribution is 2.42. The van der Waals surface area contributed by atoms with Crippen LogP contribution in [0.25, 0.3) is 11.3 Å². The first kappa shape index (κ1) is 11.5. The molecule has 90 valence electrons. The highest BCUT2D eigenvalue weighted by molar-refractivity contribution is 6.31. The molecule has 0 aliphatic heterocycles. The molecule has 7 heteroatoms. The van der Waals surface area contributed by atoms with Crippen molar-refractivity contribution in [2.45, 2.75) is 0 Å². The summed E-state index contributed by atoms with van der Waals surface area (Å²) >= 11 is 5.67. The van der Waals surface area contributed by atoms with Crippen LogP contribution in [0.1, 0.15) is 0 Å². The smallest absolute Gasteiger partial charge is 0.198 e. The van der Waals surface area contributed by atoms with Crippen LogP contribution in [-0.2, 0) is 0 Å². The Bertz CT molecular complexity index is 571. The van der Waals surface area contributed by atoms with Crippen molar-refractivity contribution in [2.24, 2.45) is 0 Å². The van der Waals surface area contributed by atoms with Crippen LogP contribution in [0.5, 0.6) is 11.5 Å². The lowest BCUT2D eigenvalue weighted by atomic mass is 10.1. The molecule has 0 fully saturated rings. The summed E-state index contributed by atoms with van der Waals surface area (Å²) < 4.78 is 23.1. The van der Waals surface area contributed by atoms with Crippen LogP contribution in [0.4, 0.5) is 10.2 Å². The van der Waals surface area contributed by atoms with Gasteiger partial charge in [0.05, 0.1) is 17.7 Å². The third-order valence-electron chi connectivity index (χ3n) is 2.15. The van der Waals surface area contributed by atoms with E-state index in [4.69, 9.17) is 26.6 Å². The lowest BCUT2D eigenvalue weighted by Gasteiger charge is -2.09. The summed E-state index contributed by atoms with van der Waals surface area (Å²) in [7, 11) is 1.22. The van der Waals surface area contributed by atoms with Crippen molar-refractivity contribution in [1.82, 2.24) is 5.16 Å². The molecular weight excluding hydrogens is 251 g/mol. The Morgan fingerprint density at radius 2 is 2.24 bits per heavy atom. The molecule has 0 amide bonds. The van der Waals surface area contributed by atoms with Gasteiger partial charge in [-0.3, -0.25) is 0 Å². The molecule has 0 unspecified atom stereocenters. The molecule has 1 aromatic carbocycles. The molecule has 2 aromatic rings. The first-order valence-electron chi connectivity index (χ1n) is 4.52. The van der Waals surface area contributed by atoms with Crippen molar-refractivity contribution in [3.63, 3.8) is 0 Å². The highest BCUT2D eigenvalue weighted by atomic mass is 35.5. The van der Waals surface area contributed by atoms with E-state index in [1.54, 1.807) is 0 Å². The van der Waals surface area contributed by atoms with Gasteiger partial charge in [-0.25, -0.2) is 4.39 Å². The molecule has 0 bridgehead atoms. The molecule has 0 aliphatic carbocycles. The van der Waals surface area contributed by atoms with Crippen molar-refractivity contribution in [3.05, 3.63) is 23.0 Å². The molecule has 5 nitrogen and oxygen atoms in total. The predicted molar refractivity (Wildman–Crippen MR) is 59.5 cm³/mol. The Kier molecular flexibility index (Phi) is 2.81. The predicted octanol–water partition coefficient (Wildman–Crippen LogP) is 2.43.